The van der Waals surface area contributed by atoms with Gasteiger partial charge in [0, 0.05) is 258 Å². The number of nitrogens with one attached hydrogen (secondary N) is 2. The molecular weight excluding hydrogens is 943 g/mol. The maximum absolute atomic E-state index is 5.84. The van der Waals surface area contributed by atoms with Crippen molar-refractivity contribution in [2.75, 3.05) is 230 Å². The lowest BCUT2D eigenvalue weighted by molar-refractivity contribution is 0.125. The summed E-state index contributed by atoms with van der Waals surface area (Å²) in [5.41, 5.74) is 51.5. The van der Waals surface area contributed by atoms with Crippen LogP contribution in [0.25, 0.3) is 0 Å². The summed E-state index contributed by atoms with van der Waals surface area (Å²) in [5.74, 6) is 0. The average molecular weight is 1070 g/mol. The molecule has 0 bridgehead atoms. The van der Waals surface area contributed by atoms with Crippen molar-refractivity contribution in [1.82, 2.24) is 59.6 Å². The van der Waals surface area contributed by atoms with E-state index in [2.05, 4.69) is 122 Å². The quantitative estimate of drug-likeness (QED) is 0.0538. The molecule has 6 rings (SSSR count). The molecule has 0 aromatic rings. The zero-order chi connectivity index (χ0) is 56.0. The van der Waals surface area contributed by atoms with E-state index in [1.807, 2.05) is 0 Å². The van der Waals surface area contributed by atoms with E-state index in [9.17, 15) is 0 Å². The average Bonchev–Trinajstić information content (AvgIpc) is 3.36. The van der Waals surface area contributed by atoms with Gasteiger partial charge in [-0.25, -0.2) is 0 Å². The predicted octanol–water partition coefficient (Wildman–Crippen LogP) is -3.26. The standard InChI is InChI=1S/C12H28N4.C10H24N4.C9H22N4.2C8H19N3.C7H17N3/c1-11(13)3-5-15-7-9-16(10-8-15)6-4-12(2)14;1-9(11)7-13-3-5-14(6-4-13)8-10(2)12;1-9(11)8-13-6-4-12(3-2-10)5-7-13;1-8(9)7-11-5-3-10(2)4-6-11;1-2-8(9)7-11-5-3-10-4-6-11;1-7(8)6-10-4-2-9-3-5-10/h11-12H,3-10,13-14H2,1-2H3;9-10H,3-8,11-12H2,1-2H3;9H,2-8,10-11H2,1H3;8H,3-7,9H2,1-2H3;8,10H,2-7,9H2,1H3;7,9H,2-6,8H2,1H3. The Bertz CT molecular complexity index is 1180. The molecule has 0 aromatic carbocycles. The third kappa shape index (κ3) is 41.8. The van der Waals surface area contributed by atoms with Crippen LogP contribution in [0.5, 0.6) is 0 Å². The van der Waals surface area contributed by atoms with Gasteiger partial charge in [0.05, 0.1) is 0 Å². The van der Waals surface area contributed by atoms with E-state index in [0.717, 1.165) is 189 Å². The topological polar surface area (TPSA) is 291 Å². The molecule has 450 valence electrons. The van der Waals surface area contributed by atoms with Crippen molar-refractivity contribution >= 4 is 0 Å². The molecule has 0 aliphatic carbocycles. The second-order valence-electron chi connectivity index (χ2n) is 23.5. The Kier molecular flexibility index (Phi) is 43.2. The normalized spacial score (nSPS) is 24.1. The van der Waals surface area contributed by atoms with Crippen LogP contribution >= 0.6 is 0 Å². The van der Waals surface area contributed by atoms with Gasteiger partial charge in [0.2, 0.25) is 0 Å². The molecule has 6 aliphatic rings. The summed E-state index contributed by atoms with van der Waals surface area (Å²) in [5, 5.41) is 6.63. The molecule has 8 unspecified atom stereocenters. The number of rotatable bonds is 21. The highest BCUT2D eigenvalue weighted by molar-refractivity contribution is 4.79. The molecule has 8 atom stereocenters. The highest BCUT2D eigenvalue weighted by atomic mass is 15.3. The van der Waals surface area contributed by atoms with Crippen molar-refractivity contribution < 1.29 is 0 Å². The molecule has 20 N–H and O–H groups in total. The van der Waals surface area contributed by atoms with Gasteiger partial charge in [-0.05, 0) is 87.9 Å². The van der Waals surface area contributed by atoms with Crippen molar-refractivity contribution in [1.29, 1.82) is 0 Å². The first-order valence-electron chi connectivity index (χ1n) is 30.0. The summed E-state index contributed by atoms with van der Waals surface area (Å²) in [4.78, 5) is 24.4. The van der Waals surface area contributed by atoms with Crippen molar-refractivity contribution in [3.05, 3.63) is 0 Å². The van der Waals surface area contributed by atoms with E-state index in [1.54, 1.807) is 0 Å². The maximum Gasteiger partial charge on any atom is 0.0165 e. The fourth-order valence-electron chi connectivity index (χ4n) is 9.86. The lowest BCUT2D eigenvalue weighted by Crippen LogP contribution is -2.51. The van der Waals surface area contributed by atoms with E-state index < -0.39 is 0 Å². The van der Waals surface area contributed by atoms with Crippen LogP contribution in [0, 0.1) is 0 Å². The van der Waals surface area contributed by atoms with Crippen LogP contribution in [0.4, 0.5) is 0 Å². The monoisotopic (exact) mass is 1070 g/mol. The molecule has 0 spiro atoms. The highest BCUT2D eigenvalue weighted by Gasteiger charge is 2.20. The summed E-state index contributed by atoms with van der Waals surface area (Å²) >= 11 is 0. The van der Waals surface area contributed by atoms with E-state index in [1.165, 1.54) is 52.4 Å². The van der Waals surface area contributed by atoms with E-state index in [4.69, 9.17) is 51.6 Å². The minimum atomic E-state index is 0.287. The summed E-state index contributed by atoms with van der Waals surface area (Å²) in [6.45, 7) is 54.6. The Balaban J connectivity index is 0.000000453. The number of piperazine rings is 6. The number of likely N-dealkylation sites (N-methyl/N-ethyl adjacent to an activating group) is 1. The molecule has 0 amide bonds. The summed E-state index contributed by atoms with van der Waals surface area (Å²) in [6, 6.07) is 2.53. The van der Waals surface area contributed by atoms with Crippen LogP contribution in [0.15, 0.2) is 0 Å². The van der Waals surface area contributed by atoms with Gasteiger partial charge in [0.1, 0.15) is 0 Å². The molecule has 21 heteroatoms. The molecule has 75 heavy (non-hydrogen) atoms. The molecule has 0 aromatic heterocycles. The van der Waals surface area contributed by atoms with E-state index in [0.29, 0.717) is 36.3 Å². The van der Waals surface area contributed by atoms with Crippen LogP contribution < -0.4 is 62.2 Å². The zero-order valence-electron chi connectivity index (χ0n) is 50.5. The van der Waals surface area contributed by atoms with Crippen LogP contribution in [0.2, 0.25) is 0 Å². The van der Waals surface area contributed by atoms with E-state index >= 15 is 0 Å². The van der Waals surface area contributed by atoms with Crippen LogP contribution in [-0.2, 0) is 0 Å². The molecular formula is C54H129N21. The van der Waals surface area contributed by atoms with Gasteiger partial charge in [0.25, 0.3) is 0 Å². The molecule has 6 fully saturated rings. The largest absolute Gasteiger partial charge is 0.329 e. The van der Waals surface area contributed by atoms with Crippen molar-refractivity contribution in [2.45, 2.75) is 123 Å². The lowest BCUT2D eigenvalue weighted by atomic mass is 10.2. The molecule has 6 saturated heterocycles. The fourth-order valence-corrected chi connectivity index (χ4v) is 9.86. The summed E-state index contributed by atoms with van der Waals surface area (Å²) < 4.78 is 0. The first-order chi connectivity index (χ1) is 35.7. The van der Waals surface area contributed by atoms with Crippen LogP contribution in [-0.4, -0.2) is 327 Å². The first-order valence-corrected chi connectivity index (χ1v) is 30.0. The minimum absolute atomic E-state index is 0.287. The van der Waals surface area contributed by atoms with Crippen molar-refractivity contribution in [3.63, 3.8) is 0 Å². The molecule has 6 heterocycles. The second kappa shape index (κ2) is 44.9. The van der Waals surface area contributed by atoms with Gasteiger partial charge in [0.15, 0.2) is 0 Å². The summed E-state index contributed by atoms with van der Waals surface area (Å²) in [7, 11) is 2.17. The Hall–Kier alpha value is -0.840. The number of hydrogen-bond donors (Lipinski definition) is 11. The van der Waals surface area contributed by atoms with Gasteiger partial charge in [-0.2, -0.15) is 0 Å². The van der Waals surface area contributed by atoms with Crippen LogP contribution in [0.1, 0.15) is 74.7 Å². The van der Waals surface area contributed by atoms with Gasteiger partial charge < -0.3 is 76.9 Å². The highest BCUT2D eigenvalue weighted by Crippen LogP contribution is 2.06. The van der Waals surface area contributed by atoms with Gasteiger partial charge in [-0.3, -0.25) is 34.3 Å². The second-order valence-corrected chi connectivity index (χ2v) is 23.5. The van der Waals surface area contributed by atoms with Crippen LogP contribution in [0.3, 0.4) is 0 Å². The Morgan fingerprint density at radius 2 is 0.560 bits per heavy atom. The maximum atomic E-state index is 5.84. The molecule has 6 aliphatic heterocycles. The Morgan fingerprint density at radius 1 is 0.320 bits per heavy atom. The van der Waals surface area contributed by atoms with Gasteiger partial charge >= 0.3 is 0 Å². The first kappa shape index (κ1) is 72.2. The van der Waals surface area contributed by atoms with Crippen molar-refractivity contribution in [3.8, 4) is 0 Å². The predicted molar refractivity (Wildman–Crippen MR) is 323 cm³/mol. The smallest absolute Gasteiger partial charge is 0.0165 e. The number of nitrogens with two attached hydrogens (primary N) is 9. The zero-order valence-corrected chi connectivity index (χ0v) is 50.5. The third-order valence-electron chi connectivity index (χ3n) is 14.4. The SMILES string of the molecule is CC(N)CCN1CCN(CCC(C)N)CC1.CC(N)CN1CCN(C)CC1.CC(N)CN1CCN(CC(C)N)CC1.CC(N)CN1CCN(CCN)CC1.CC(N)CN1CCNCC1.CCC(N)CN1CCNCC1. The van der Waals surface area contributed by atoms with E-state index in [-0.39, 0.29) is 12.1 Å². The number of hydrogen-bond acceptors (Lipinski definition) is 21. The fraction of sp³-hybridized carbons (Fsp3) is 1.00. The minimum Gasteiger partial charge on any atom is -0.329 e. The third-order valence-corrected chi connectivity index (χ3v) is 14.4. The van der Waals surface area contributed by atoms with Gasteiger partial charge in [-0.1, -0.05) is 6.92 Å². The molecule has 0 saturated carbocycles. The Labute approximate surface area is 462 Å². The number of nitrogens with zero attached hydrogens (tertiary/aromatic N) is 10. The molecule has 0 radical (unpaired) electrons. The summed E-state index contributed by atoms with van der Waals surface area (Å²) in [6.07, 6.45) is 3.31. The molecule has 21 nitrogen and oxygen atoms in total. The lowest BCUT2D eigenvalue weighted by Gasteiger charge is -2.36. The Morgan fingerprint density at radius 3 is 0.813 bits per heavy atom. The van der Waals surface area contributed by atoms with Crippen molar-refractivity contribution in [2.24, 2.45) is 51.6 Å². The van der Waals surface area contributed by atoms with Gasteiger partial charge in [-0.15, -0.1) is 0 Å².